The molecule has 28 heavy (non-hydrogen) atoms. The molecule has 1 aliphatic rings. The number of hydrogen-bond donors (Lipinski definition) is 0. The minimum atomic E-state index is -0.525. The second-order valence-electron chi connectivity index (χ2n) is 5.97. The van der Waals surface area contributed by atoms with Gasteiger partial charge in [-0.2, -0.15) is 0 Å². The van der Waals surface area contributed by atoms with Gasteiger partial charge in [0.15, 0.2) is 5.70 Å². The normalized spacial score (nSPS) is 14.9. The highest BCUT2D eigenvalue weighted by molar-refractivity contribution is 9.10. The van der Waals surface area contributed by atoms with Crippen molar-refractivity contribution >= 4 is 33.9 Å². The highest BCUT2D eigenvalue weighted by Crippen LogP contribution is 2.28. The third-order valence-electron chi connectivity index (χ3n) is 4.07. The van der Waals surface area contributed by atoms with E-state index in [2.05, 4.69) is 20.9 Å². The largest absolute Gasteiger partial charge is 0.493 e. The van der Waals surface area contributed by atoms with Gasteiger partial charge in [-0.15, -0.1) is 0 Å². The number of hydrogen-bond acceptors (Lipinski definition) is 5. The molecule has 0 N–H and O–H groups in total. The van der Waals surface area contributed by atoms with Gasteiger partial charge in [0.05, 0.1) is 12.2 Å². The van der Waals surface area contributed by atoms with Crippen molar-refractivity contribution in [2.75, 3.05) is 6.61 Å². The van der Waals surface area contributed by atoms with Crippen molar-refractivity contribution < 1.29 is 18.7 Å². The number of furan rings is 1. The molecule has 3 aromatic rings. The predicted octanol–water partition coefficient (Wildman–Crippen LogP) is 5.45. The molecule has 1 aliphatic heterocycles. The topological polar surface area (TPSA) is 61.0 Å². The van der Waals surface area contributed by atoms with Crippen LogP contribution < -0.4 is 4.74 Å². The third kappa shape index (κ3) is 3.77. The van der Waals surface area contributed by atoms with Crippen LogP contribution in [0.3, 0.4) is 0 Å². The van der Waals surface area contributed by atoms with Gasteiger partial charge in [0.25, 0.3) is 0 Å². The SMILES string of the molecule is CCOc1ccccc1C1=NC(=Cc2ccc(-c3ccc(Br)cc3)o2)C(=O)O1. The molecular formula is C22H16BrNO4. The quantitative estimate of drug-likeness (QED) is 0.393. The summed E-state index contributed by atoms with van der Waals surface area (Å²) in [5, 5.41) is 0. The van der Waals surface area contributed by atoms with Crippen molar-refractivity contribution in [2.24, 2.45) is 4.99 Å². The number of carbonyl (C=O) groups excluding carboxylic acids is 1. The van der Waals surface area contributed by atoms with Crippen LogP contribution in [0.1, 0.15) is 18.2 Å². The molecule has 0 unspecified atom stereocenters. The molecule has 4 rings (SSSR count). The molecule has 0 spiro atoms. The summed E-state index contributed by atoms with van der Waals surface area (Å²) in [5.41, 5.74) is 1.76. The maximum Gasteiger partial charge on any atom is 0.363 e. The molecule has 6 heteroatoms. The van der Waals surface area contributed by atoms with Crippen molar-refractivity contribution in [3.63, 3.8) is 0 Å². The first-order valence-corrected chi connectivity index (χ1v) is 9.54. The number of rotatable bonds is 5. The Bertz CT molecular complexity index is 1080. The lowest BCUT2D eigenvalue weighted by Gasteiger charge is -2.08. The summed E-state index contributed by atoms with van der Waals surface area (Å²) in [6.07, 6.45) is 1.57. The number of ether oxygens (including phenoxy) is 2. The average molecular weight is 438 g/mol. The number of para-hydroxylation sites is 1. The van der Waals surface area contributed by atoms with Crippen LogP contribution in [-0.4, -0.2) is 18.5 Å². The summed E-state index contributed by atoms with van der Waals surface area (Å²) in [7, 11) is 0. The maximum absolute atomic E-state index is 12.3. The van der Waals surface area contributed by atoms with Crippen LogP contribution in [0.4, 0.5) is 0 Å². The minimum Gasteiger partial charge on any atom is -0.493 e. The third-order valence-corrected chi connectivity index (χ3v) is 4.60. The Morgan fingerprint density at radius 3 is 2.64 bits per heavy atom. The van der Waals surface area contributed by atoms with Gasteiger partial charge in [-0.05, 0) is 43.3 Å². The first kappa shape index (κ1) is 18.3. The predicted molar refractivity (Wildman–Crippen MR) is 110 cm³/mol. The van der Waals surface area contributed by atoms with Gasteiger partial charge in [-0.1, -0.05) is 40.2 Å². The summed E-state index contributed by atoms with van der Waals surface area (Å²) in [4.78, 5) is 16.6. The van der Waals surface area contributed by atoms with E-state index in [1.54, 1.807) is 18.2 Å². The molecule has 2 heterocycles. The highest BCUT2D eigenvalue weighted by atomic mass is 79.9. The van der Waals surface area contributed by atoms with E-state index in [0.717, 1.165) is 10.0 Å². The van der Waals surface area contributed by atoms with Crippen LogP contribution in [0, 0.1) is 0 Å². The van der Waals surface area contributed by atoms with E-state index in [4.69, 9.17) is 13.9 Å². The molecule has 0 amide bonds. The van der Waals surface area contributed by atoms with Gasteiger partial charge in [0, 0.05) is 16.1 Å². The van der Waals surface area contributed by atoms with E-state index < -0.39 is 5.97 Å². The van der Waals surface area contributed by atoms with Crippen LogP contribution in [0.5, 0.6) is 5.75 Å². The zero-order valence-corrected chi connectivity index (χ0v) is 16.6. The minimum absolute atomic E-state index is 0.179. The first-order valence-electron chi connectivity index (χ1n) is 8.74. The standard InChI is InChI=1S/C22H16BrNO4/c1-2-26-20-6-4-3-5-17(20)21-24-18(22(25)28-21)13-16-11-12-19(27-16)14-7-9-15(23)10-8-14/h3-13H,2H2,1H3. The Labute approximate surface area is 170 Å². The molecule has 0 saturated carbocycles. The fourth-order valence-electron chi connectivity index (χ4n) is 2.78. The molecule has 5 nitrogen and oxygen atoms in total. The summed E-state index contributed by atoms with van der Waals surface area (Å²) < 4.78 is 17.7. The van der Waals surface area contributed by atoms with E-state index in [1.807, 2.05) is 55.5 Å². The second-order valence-corrected chi connectivity index (χ2v) is 6.89. The average Bonchev–Trinajstić information content (AvgIpc) is 3.31. The smallest absolute Gasteiger partial charge is 0.363 e. The lowest BCUT2D eigenvalue weighted by Crippen LogP contribution is -2.07. The Hall–Kier alpha value is -3.12. The van der Waals surface area contributed by atoms with Crippen LogP contribution in [0.15, 0.2) is 80.2 Å². The Balaban J connectivity index is 1.62. The molecule has 2 aromatic carbocycles. The van der Waals surface area contributed by atoms with E-state index in [-0.39, 0.29) is 11.6 Å². The summed E-state index contributed by atoms with van der Waals surface area (Å²) >= 11 is 3.41. The van der Waals surface area contributed by atoms with E-state index in [1.165, 1.54) is 0 Å². The van der Waals surface area contributed by atoms with Crippen LogP contribution in [0.2, 0.25) is 0 Å². The summed E-state index contributed by atoms with van der Waals surface area (Å²) in [6, 6.07) is 18.7. The van der Waals surface area contributed by atoms with Gasteiger partial charge >= 0.3 is 5.97 Å². The summed E-state index contributed by atoms with van der Waals surface area (Å²) in [5.74, 6) is 1.54. The Morgan fingerprint density at radius 1 is 1.07 bits per heavy atom. The summed E-state index contributed by atoms with van der Waals surface area (Å²) in [6.45, 7) is 2.40. The number of nitrogens with zero attached hydrogens (tertiary/aromatic N) is 1. The van der Waals surface area contributed by atoms with Crippen LogP contribution >= 0.6 is 15.9 Å². The first-order chi connectivity index (χ1) is 13.6. The fraction of sp³-hybridized carbons (Fsp3) is 0.0909. The number of carbonyl (C=O) groups is 1. The molecule has 0 bridgehead atoms. The number of cyclic esters (lactones) is 1. The van der Waals surface area contributed by atoms with Crippen LogP contribution in [0.25, 0.3) is 17.4 Å². The van der Waals surface area contributed by atoms with Crippen molar-refractivity contribution in [3.8, 4) is 17.1 Å². The van der Waals surface area contributed by atoms with E-state index >= 15 is 0 Å². The Morgan fingerprint density at radius 2 is 1.86 bits per heavy atom. The van der Waals surface area contributed by atoms with Crippen molar-refractivity contribution in [1.82, 2.24) is 0 Å². The van der Waals surface area contributed by atoms with E-state index in [0.29, 0.717) is 29.4 Å². The van der Waals surface area contributed by atoms with Gasteiger partial charge in [0.1, 0.15) is 17.3 Å². The molecule has 0 aliphatic carbocycles. The number of aliphatic imine (C=N–C) groups is 1. The molecule has 0 fully saturated rings. The second kappa shape index (κ2) is 7.86. The lowest BCUT2D eigenvalue weighted by atomic mass is 10.2. The molecule has 140 valence electrons. The maximum atomic E-state index is 12.3. The van der Waals surface area contributed by atoms with Gasteiger partial charge in [-0.3, -0.25) is 0 Å². The zero-order valence-electron chi connectivity index (χ0n) is 15.0. The van der Waals surface area contributed by atoms with Gasteiger partial charge in [-0.25, -0.2) is 9.79 Å². The highest BCUT2D eigenvalue weighted by Gasteiger charge is 2.26. The molecule has 0 radical (unpaired) electrons. The Kier molecular flexibility index (Phi) is 5.12. The lowest BCUT2D eigenvalue weighted by molar-refractivity contribution is -0.129. The van der Waals surface area contributed by atoms with Gasteiger partial charge < -0.3 is 13.9 Å². The zero-order chi connectivity index (χ0) is 19.5. The fourth-order valence-corrected chi connectivity index (χ4v) is 3.05. The van der Waals surface area contributed by atoms with Crippen LogP contribution in [-0.2, 0) is 9.53 Å². The monoisotopic (exact) mass is 437 g/mol. The van der Waals surface area contributed by atoms with Gasteiger partial charge in [0.2, 0.25) is 5.90 Å². The molecule has 0 saturated heterocycles. The van der Waals surface area contributed by atoms with Crippen molar-refractivity contribution in [1.29, 1.82) is 0 Å². The van der Waals surface area contributed by atoms with E-state index in [9.17, 15) is 4.79 Å². The van der Waals surface area contributed by atoms with Crippen molar-refractivity contribution in [2.45, 2.75) is 6.92 Å². The number of benzene rings is 2. The number of esters is 1. The van der Waals surface area contributed by atoms with Crippen molar-refractivity contribution in [3.05, 3.63) is 82.2 Å². The number of halogens is 1. The molecule has 0 atom stereocenters. The molecule has 1 aromatic heterocycles. The molecular weight excluding hydrogens is 422 g/mol.